The van der Waals surface area contributed by atoms with Crippen molar-refractivity contribution < 1.29 is 22.7 Å². The van der Waals surface area contributed by atoms with E-state index < -0.39 is 27.6 Å². The molecule has 1 aromatic rings. The van der Waals surface area contributed by atoms with Gasteiger partial charge in [-0.2, -0.15) is 0 Å². The van der Waals surface area contributed by atoms with Gasteiger partial charge >= 0.3 is 5.97 Å². The molecule has 1 aliphatic heterocycles. The molecule has 8 heteroatoms. The van der Waals surface area contributed by atoms with Crippen LogP contribution in [-0.4, -0.2) is 39.2 Å². The van der Waals surface area contributed by atoms with Crippen molar-refractivity contribution in [3.63, 3.8) is 0 Å². The molecule has 1 fully saturated rings. The Labute approximate surface area is 160 Å². The van der Waals surface area contributed by atoms with Crippen molar-refractivity contribution in [1.82, 2.24) is 4.72 Å². The molecule has 0 spiro atoms. The zero-order valence-corrected chi connectivity index (χ0v) is 16.7. The normalized spacial score (nSPS) is 27.7. The molecule has 0 amide bonds. The summed E-state index contributed by atoms with van der Waals surface area (Å²) in [5.41, 5.74) is 6.06. The van der Waals surface area contributed by atoms with Crippen LogP contribution in [-0.2, 0) is 26.0 Å². The van der Waals surface area contributed by atoms with Crippen LogP contribution >= 0.6 is 0 Å². The van der Waals surface area contributed by atoms with Gasteiger partial charge in [-0.1, -0.05) is 19.8 Å². The summed E-state index contributed by atoms with van der Waals surface area (Å²) in [4.78, 5) is 12.1. The lowest BCUT2D eigenvalue weighted by molar-refractivity contribution is -0.150. The van der Waals surface area contributed by atoms with Crippen molar-refractivity contribution in [3.8, 4) is 5.75 Å². The average molecular weight is 397 g/mol. The van der Waals surface area contributed by atoms with Gasteiger partial charge < -0.3 is 15.2 Å². The molecule has 3 rings (SSSR count). The Bertz CT molecular complexity index is 810. The van der Waals surface area contributed by atoms with Crippen LogP contribution in [0.1, 0.15) is 45.1 Å². The maximum atomic E-state index is 13.0. The third-order valence-corrected chi connectivity index (χ3v) is 7.27. The third kappa shape index (κ3) is 3.97. The molecule has 0 saturated heterocycles. The second kappa shape index (κ2) is 7.77. The Balaban J connectivity index is 1.81. The number of hydrogen-bond acceptors (Lipinski definition) is 6. The van der Waals surface area contributed by atoms with Gasteiger partial charge in [-0.25, -0.2) is 17.9 Å². The van der Waals surface area contributed by atoms with E-state index in [1.165, 1.54) is 6.07 Å². The molecule has 1 heterocycles. The molecular formula is C19H28N2O5S. The lowest BCUT2D eigenvalue weighted by Gasteiger charge is -2.42. The molecule has 1 aromatic carbocycles. The number of esters is 1. The SMILES string of the molecule is CCOC(=O)C1Cc2cc(S(=O)(=O)NC3(CN)CCCCC3C)ccc2O1. The molecule has 27 heavy (non-hydrogen) atoms. The number of carbonyl (C=O) groups is 1. The highest BCUT2D eigenvalue weighted by Gasteiger charge is 2.41. The van der Waals surface area contributed by atoms with Gasteiger partial charge in [0.05, 0.1) is 11.5 Å². The van der Waals surface area contributed by atoms with Crippen LogP contribution in [0.4, 0.5) is 0 Å². The summed E-state index contributed by atoms with van der Waals surface area (Å²) in [6, 6.07) is 4.68. The van der Waals surface area contributed by atoms with Crippen LogP contribution in [0, 0.1) is 5.92 Å². The molecule has 0 aromatic heterocycles. The van der Waals surface area contributed by atoms with E-state index >= 15 is 0 Å². The van der Waals surface area contributed by atoms with E-state index in [2.05, 4.69) is 11.6 Å². The number of carbonyl (C=O) groups excluding carboxylic acids is 1. The van der Waals surface area contributed by atoms with Crippen LogP contribution in [0.2, 0.25) is 0 Å². The van der Waals surface area contributed by atoms with E-state index in [4.69, 9.17) is 15.2 Å². The van der Waals surface area contributed by atoms with E-state index in [0.717, 1.165) is 25.7 Å². The first-order chi connectivity index (χ1) is 12.8. The summed E-state index contributed by atoms with van der Waals surface area (Å²) in [5.74, 6) is 0.262. The van der Waals surface area contributed by atoms with Crippen LogP contribution in [0.25, 0.3) is 0 Å². The van der Waals surface area contributed by atoms with Crippen molar-refractivity contribution >= 4 is 16.0 Å². The van der Waals surface area contributed by atoms with Crippen molar-refractivity contribution in [3.05, 3.63) is 23.8 Å². The molecule has 150 valence electrons. The molecule has 1 aliphatic carbocycles. The highest BCUT2D eigenvalue weighted by atomic mass is 32.2. The number of benzene rings is 1. The Morgan fingerprint density at radius 3 is 2.85 bits per heavy atom. The number of hydrogen-bond donors (Lipinski definition) is 2. The Hall–Kier alpha value is -1.64. The fraction of sp³-hybridized carbons (Fsp3) is 0.632. The van der Waals surface area contributed by atoms with Crippen molar-refractivity contribution in [2.75, 3.05) is 13.2 Å². The summed E-state index contributed by atoms with van der Waals surface area (Å²) in [6.45, 7) is 4.33. The first-order valence-corrected chi connectivity index (χ1v) is 11.0. The lowest BCUT2D eigenvalue weighted by Crippen LogP contribution is -2.58. The largest absolute Gasteiger partial charge is 0.478 e. The second-order valence-corrected chi connectivity index (χ2v) is 9.13. The topological polar surface area (TPSA) is 108 Å². The van der Waals surface area contributed by atoms with Gasteiger partial charge in [0, 0.05) is 18.5 Å². The van der Waals surface area contributed by atoms with Gasteiger partial charge in [-0.15, -0.1) is 0 Å². The predicted octanol–water partition coefficient (Wildman–Crippen LogP) is 1.74. The number of ether oxygens (including phenoxy) is 2. The Morgan fingerprint density at radius 2 is 2.19 bits per heavy atom. The fourth-order valence-electron chi connectivity index (χ4n) is 4.00. The quantitative estimate of drug-likeness (QED) is 0.709. The third-order valence-electron chi connectivity index (χ3n) is 5.72. The average Bonchev–Trinajstić information content (AvgIpc) is 3.07. The van der Waals surface area contributed by atoms with Crippen LogP contribution in [0.3, 0.4) is 0 Å². The molecule has 3 N–H and O–H groups in total. The Morgan fingerprint density at radius 1 is 1.41 bits per heavy atom. The standard InChI is InChI=1S/C19H28N2O5S/c1-3-25-18(22)17-11-14-10-15(7-8-16(14)26-17)27(23,24)21-19(12-20)9-5-4-6-13(19)2/h7-8,10,13,17,21H,3-6,9,11-12,20H2,1-2H3. The molecule has 3 unspecified atom stereocenters. The van der Waals surface area contributed by atoms with Crippen LogP contribution in [0.5, 0.6) is 5.75 Å². The Kier molecular flexibility index (Phi) is 5.79. The predicted molar refractivity (Wildman–Crippen MR) is 101 cm³/mol. The molecule has 0 radical (unpaired) electrons. The summed E-state index contributed by atoms with van der Waals surface area (Å²) >= 11 is 0. The number of nitrogens with one attached hydrogen (secondary N) is 1. The molecule has 0 bridgehead atoms. The van der Waals surface area contributed by atoms with Crippen LogP contribution < -0.4 is 15.2 Å². The minimum atomic E-state index is -3.73. The monoisotopic (exact) mass is 396 g/mol. The van der Waals surface area contributed by atoms with Crippen molar-refractivity contribution in [2.24, 2.45) is 11.7 Å². The van der Waals surface area contributed by atoms with E-state index in [9.17, 15) is 13.2 Å². The smallest absolute Gasteiger partial charge is 0.347 e. The van der Waals surface area contributed by atoms with Crippen LogP contribution in [0.15, 0.2) is 23.1 Å². The van der Waals surface area contributed by atoms with E-state index in [-0.39, 0.29) is 24.0 Å². The van der Waals surface area contributed by atoms with E-state index in [1.807, 2.05) is 0 Å². The first kappa shape index (κ1) is 20.1. The fourth-order valence-corrected chi connectivity index (χ4v) is 5.58. The summed E-state index contributed by atoms with van der Waals surface area (Å²) in [6.07, 6.45) is 3.33. The summed E-state index contributed by atoms with van der Waals surface area (Å²) in [5, 5.41) is 0. The zero-order valence-electron chi connectivity index (χ0n) is 15.9. The van der Waals surface area contributed by atoms with Crippen molar-refractivity contribution in [1.29, 1.82) is 0 Å². The minimum absolute atomic E-state index is 0.167. The van der Waals surface area contributed by atoms with E-state index in [1.54, 1.807) is 19.1 Å². The number of nitrogens with two attached hydrogens (primary N) is 1. The molecule has 7 nitrogen and oxygen atoms in total. The minimum Gasteiger partial charge on any atom is -0.478 e. The van der Waals surface area contributed by atoms with Gasteiger partial charge in [0.15, 0.2) is 6.10 Å². The van der Waals surface area contributed by atoms with Gasteiger partial charge in [-0.3, -0.25) is 0 Å². The maximum Gasteiger partial charge on any atom is 0.347 e. The number of rotatable bonds is 6. The number of fused-ring (bicyclic) bond motifs is 1. The summed E-state index contributed by atoms with van der Waals surface area (Å²) < 4.78 is 39.5. The molecular weight excluding hydrogens is 368 g/mol. The second-order valence-electron chi connectivity index (χ2n) is 7.44. The van der Waals surface area contributed by atoms with Crippen molar-refractivity contribution in [2.45, 2.75) is 62.5 Å². The highest BCUT2D eigenvalue weighted by molar-refractivity contribution is 7.89. The van der Waals surface area contributed by atoms with Gasteiger partial charge in [0.2, 0.25) is 10.0 Å². The maximum absolute atomic E-state index is 13.0. The summed E-state index contributed by atoms with van der Waals surface area (Å²) in [7, 11) is -3.73. The lowest BCUT2D eigenvalue weighted by atomic mass is 9.74. The molecule has 1 saturated carbocycles. The van der Waals surface area contributed by atoms with Gasteiger partial charge in [0.1, 0.15) is 5.75 Å². The molecule has 3 atom stereocenters. The number of sulfonamides is 1. The van der Waals surface area contributed by atoms with Gasteiger partial charge in [0.25, 0.3) is 0 Å². The zero-order chi connectivity index (χ0) is 19.7. The highest BCUT2D eigenvalue weighted by Crippen LogP contribution is 2.35. The van der Waals surface area contributed by atoms with E-state index in [0.29, 0.717) is 17.7 Å². The first-order valence-electron chi connectivity index (χ1n) is 9.51. The van der Waals surface area contributed by atoms with Gasteiger partial charge in [-0.05, 0) is 49.4 Å². The molecule has 2 aliphatic rings.